The Morgan fingerprint density at radius 1 is 1.09 bits per heavy atom. The van der Waals surface area contributed by atoms with Gasteiger partial charge in [-0.15, -0.1) is 0 Å². The summed E-state index contributed by atoms with van der Waals surface area (Å²) < 4.78 is 5.76. The van der Waals surface area contributed by atoms with E-state index >= 15 is 0 Å². The number of halogens is 1. The normalized spacial score (nSPS) is 10.4. The van der Waals surface area contributed by atoms with Crippen molar-refractivity contribution in [2.24, 2.45) is 0 Å². The van der Waals surface area contributed by atoms with Crippen LogP contribution in [0, 0.1) is 20.8 Å². The second kappa shape index (κ2) is 8.02. The molecule has 0 atom stereocenters. The number of rotatable bonds is 6. The van der Waals surface area contributed by atoms with Crippen LogP contribution in [0.25, 0.3) is 0 Å². The van der Waals surface area contributed by atoms with Crippen LogP contribution in [0.4, 0.5) is 5.69 Å². The van der Waals surface area contributed by atoms with E-state index in [2.05, 4.69) is 11.4 Å². The van der Waals surface area contributed by atoms with Gasteiger partial charge in [0.1, 0.15) is 5.75 Å². The summed E-state index contributed by atoms with van der Waals surface area (Å²) >= 11 is 5.91. The molecule has 0 saturated heterocycles. The number of carbonyl (C=O) groups is 1. The molecular formula is C19H22ClNO2. The standard InChI is InChI=1S/C19H22ClNO2/c1-13-6-7-14(2)18(11-13)23-10-4-5-19(22)21-17-9-8-16(20)12-15(17)3/h6-9,11-12H,4-5,10H2,1-3H3,(H,21,22). The molecular weight excluding hydrogens is 310 g/mol. The van der Waals surface area contributed by atoms with Crippen LogP contribution >= 0.6 is 11.6 Å². The van der Waals surface area contributed by atoms with Crippen molar-refractivity contribution in [3.05, 3.63) is 58.1 Å². The summed E-state index contributed by atoms with van der Waals surface area (Å²) in [6.07, 6.45) is 1.10. The van der Waals surface area contributed by atoms with Gasteiger partial charge in [-0.1, -0.05) is 23.7 Å². The molecule has 0 radical (unpaired) electrons. The molecule has 2 aromatic carbocycles. The largest absolute Gasteiger partial charge is 0.493 e. The van der Waals surface area contributed by atoms with Gasteiger partial charge in [-0.3, -0.25) is 4.79 Å². The van der Waals surface area contributed by atoms with Crippen molar-refractivity contribution in [2.75, 3.05) is 11.9 Å². The Morgan fingerprint density at radius 3 is 2.61 bits per heavy atom. The van der Waals surface area contributed by atoms with Crippen molar-refractivity contribution in [3.8, 4) is 5.75 Å². The van der Waals surface area contributed by atoms with E-state index in [0.717, 1.165) is 22.6 Å². The first-order chi connectivity index (χ1) is 11.0. The number of hydrogen-bond acceptors (Lipinski definition) is 2. The van der Waals surface area contributed by atoms with Crippen LogP contribution in [0.2, 0.25) is 5.02 Å². The zero-order chi connectivity index (χ0) is 16.8. The molecule has 2 aromatic rings. The lowest BCUT2D eigenvalue weighted by atomic mass is 10.1. The average Bonchev–Trinajstić information content (AvgIpc) is 2.50. The summed E-state index contributed by atoms with van der Waals surface area (Å²) in [4.78, 5) is 12.0. The van der Waals surface area contributed by atoms with Gasteiger partial charge in [-0.2, -0.15) is 0 Å². The van der Waals surface area contributed by atoms with Crippen molar-refractivity contribution in [2.45, 2.75) is 33.6 Å². The highest BCUT2D eigenvalue weighted by molar-refractivity contribution is 6.30. The lowest BCUT2D eigenvalue weighted by Crippen LogP contribution is -2.13. The van der Waals surface area contributed by atoms with Crippen molar-refractivity contribution in [3.63, 3.8) is 0 Å². The quantitative estimate of drug-likeness (QED) is 0.751. The van der Waals surface area contributed by atoms with Crippen LogP contribution in [0.3, 0.4) is 0 Å². The molecule has 2 rings (SSSR count). The Kier molecular flexibility index (Phi) is 6.05. The van der Waals surface area contributed by atoms with Gasteiger partial charge in [-0.05, 0) is 68.1 Å². The number of ether oxygens (including phenoxy) is 1. The third kappa shape index (κ3) is 5.29. The summed E-state index contributed by atoms with van der Waals surface area (Å²) in [7, 11) is 0. The number of carbonyl (C=O) groups excluding carboxylic acids is 1. The van der Waals surface area contributed by atoms with Crippen LogP contribution < -0.4 is 10.1 Å². The third-order valence-corrected chi connectivity index (χ3v) is 3.85. The van der Waals surface area contributed by atoms with Gasteiger partial charge in [0, 0.05) is 17.1 Å². The topological polar surface area (TPSA) is 38.3 Å². The third-order valence-electron chi connectivity index (χ3n) is 3.61. The lowest BCUT2D eigenvalue weighted by molar-refractivity contribution is -0.116. The first-order valence-corrected chi connectivity index (χ1v) is 8.09. The molecule has 0 aliphatic heterocycles. The van der Waals surface area contributed by atoms with E-state index in [0.29, 0.717) is 24.5 Å². The van der Waals surface area contributed by atoms with Gasteiger partial charge in [-0.25, -0.2) is 0 Å². The minimum Gasteiger partial charge on any atom is -0.493 e. The highest BCUT2D eigenvalue weighted by Gasteiger charge is 2.06. The number of amides is 1. The van der Waals surface area contributed by atoms with E-state index in [9.17, 15) is 4.79 Å². The monoisotopic (exact) mass is 331 g/mol. The number of anilines is 1. The summed E-state index contributed by atoms with van der Waals surface area (Å²) in [5.41, 5.74) is 4.03. The van der Waals surface area contributed by atoms with E-state index in [1.54, 1.807) is 6.07 Å². The number of aryl methyl sites for hydroxylation is 3. The fourth-order valence-corrected chi connectivity index (χ4v) is 2.48. The van der Waals surface area contributed by atoms with E-state index in [4.69, 9.17) is 16.3 Å². The molecule has 1 amide bonds. The van der Waals surface area contributed by atoms with E-state index in [1.807, 2.05) is 45.0 Å². The van der Waals surface area contributed by atoms with Crippen molar-refractivity contribution < 1.29 is 9.53 Å². The van der Waals surface area contributed by atoms with Crippen LogP contribution in [0.15, 0.2) is 36.4 Å². The smallest absolute Gasteiger partial charge is 0.224 e. The predicted octanol–water partition coefficient (Wildman–Crippen LogP) is 5.06. The Hall–Kier alpha value is -2.00. The molecule has 0 aromatic heterocycles. The Bertz CT molecular complexity index is 698. The molecule has 0 heterocycles. The molecule has 0 bridgehead atoms. The van der Waals surface area contributed by atoms with E-state index in [1.165, 1.54) is 5.56 Å². The second-order valence-electron chi connectivity index (χ2n) is 5.73. The molecule has 3 nitrogen and oxygen atoms in total. The Labute approximate surface area is 142 Å². The lowest BCUT2D eigenvalue weighted by Gasteiger charge is -2.11. The van der Waals surface area contributed by atoms with Gasteiger partial charge in [0.25, 0.3) is 0 Å². The molecule has 4 heteroatoms. The number of nitrogens with one attached hydrogen (secondary N) is 1. The first-order valence-electron chi connectivity index (χ1n) is 7.72. The van der Waals surface area contributed by atoms with Crippen molar-refractivity contribution >= 4 is 23.2 Å². The fourth-order valence-electron chi connectivity index (χ4n) is 2.26. The second-order valence-corrected chi connectivity index (χ2v) is 6.16. The molecule has 122 valence electrons. The van der Waals surface area contributed by atoms with Crippen LogP contribution in [0.1, 0.15) is 29.5 Å². The first kappa shape index (κ1) is 17.4. The Morgan fingerprint density at radius 2 is 1.87 bits per heavy atom. The highest BCUT2D eigenvalue weighted by atomic mass is 35.5. The number of benzene rings is 2. The minimum absolute atomic E-state index is 0.0139. The molecule has 0 saturated carbocycles. The molecule has 0 fully saturated rings. The molecule has 1 N–H and O–H groups in total. The number of hydrogen-bond donors (Lipinski definition) is 1. The maximum absolute atomic E-state index is 12.0. The summed E-state index contributed by atoms with van der Waals surface area (Å²) in [6, 6.07) is 11.5. The Balaban J connectivity index is 1.77. The zero-order valence-electron chi connectivity index (χ0n) is 13.8. The predicted molar refractivity (Wildman–Crippen MR) is 95.5 cm³/mol. The minimum atomic E-state index is -0.0139. The summed E-state index contributed by atoms with van der Waals surface area (Å²) in [5, 5.41) is 3.57. The molecule has 0 aliphatic carbocycles. The molecule has 0 unspecified atom stereocenters. The summed E-state index contributed by atoms with van der Waals surface area (Å²) in [6.45, 7) is 6.50. The fraction of sp³-hybridized carbons (Fsp3) is 0.316. The van der Waals surface area contributed by atoms with E-state index in [-0.39, 0.29) is 5.91 Å². The maximum atomic E-state index is 12.0. The molecule has 0 spiro atoms. The van der Waals surface area contributed by atoms with Gasteiger partial charge < -0.3 is 10.1 Å². The van der Waals surface area contributed by atoms with Gasteiger partial charge in [0.15, 0.2) is 0 Å². The molecule has 0 aliphatic rings. The maximum Gasteiger partial charge on any atom is 0.224 e. The molecule has 23 heavy (non-hydrogen) atoms. The highest BCUT2D eigenvalue weighted by Crippen LogP contribution is 2.21. The SMILES string of the molecule is Cc1ccc(C)c(OCCCC(=O)Nc2ccc(Cl)cc2C)c1. The zero-order valence-corrected chi connectivity index (χ0v) is 14.5. The van der Waals surface area contributed by atoms with E-state index < -0.39 is 0 Å². The van der Waals surface area contributed by atoms with Crippen LogP contribution in [0.5, 0.6) is 5.75 Å². The average molecular weight is 332 g/mol. The van der Waals surface area contributed by atoms with Crippen LogP contribution in [-0.2, 0) is 4.79 Å². The van der Waals surface area contributed by atoms with Crippen molar-refractivity contribution in [1.82, 2.24) is 0 Å². The van der Waals surface area contributed by atoms with Crippen molar-refractivity contribution in [1.29, 1.82) is 0 Å². The van der Waals surface area contributed by atoms with Gasteiger partial charge in [0.05, 0.1) is 6.61 Å². The van der Waals surface area contributed by atoms with Gasteiger partial charge in [0.2, 0.25) is 5.91 Å². The van der Waals surface area contributed by atoms with Gasteiger partial charge >= 0.3 is 0 Å². The van der Waals surface area contributed by atoms with Crippen LogP contribution in [-0.4, -0.2) is 12.5 Å². The summed E-state index contributed by atoms with van der Waals surface area (Å²) in [5.74, 6) is 0.874.